The number of esters is 1. The lowest BCUT2D eigenvalue weighted by Crippen LogP contribution is -2.16. The third-order valence-electron chi connectivity index (χ3n) is 2.30. The smallest absolute Gasteiger partial charge is 0.338 e. The Labute approximate surface area is 109 Å². The number of ether oxygens (including phenoxy) is 1. The highest BCUT2D eigenvalue weighted by Crippen LogP contribution is 2.27. The summed E-state index contributed by atoms with van der Waals surface area (Å²) in [5.74, 6) is -0.760. The molecule has 104 valence electrons. The van der Waals surface area contributed by atoms with Crippen LogP contribution in [-0.4, -0.2) is 25.9 Å². The minimum absolute atomic E-state index is 0.0686. The van der Waals surface area contributed by atoms with E-state index in [0.29, 0.717) is 0 Å². The number of nitro benzene ring substituents is 1. The van der Waals surface area contributed by atoms with E-state index in [1.54, 1.807) is 6.92 Å². The number of sulfonamides is 1. The van der Waals surface area contributed by atoms with Crippen molar-refractivity contribution in [1.29, 1.82) is 0 Å². The van der Waals surface area contributed by atoms with Gasteiger partial charge in [-0.3, -0.25) is 10.1 Å². The maximum absolute atomic E-state index is 11.6. The molecule has 0 aliphatic rings. The van der Waals surface area contributed by atoms with Crippen molar-refractivity contribution in [3.63, 3.8) is 0 Å². The Morgan fingerprint density at radius 1 is 1.47 bits per heavy atom. The van der Waals surface area contributed by atoms with Gasteiger partial charge in [-0.05, 0) is 25.5 Å². The predicted molar refractivity (Wildman–Crippen MR) is 65.2 cm³/mol. The predicted octanol–water partition coefficient (Wildman–Crippen LogP) is 0.727. The summed E-state index contributed by atoms with van der Waals surface area (Å²) in [6.07, 6.45) is 0. The second kappa shape index (κ2) is 5.33. The molecule has 0 aliphatic heterocycles. The molecule has 1 rings (SSSR count). The third-order valence-corrected chi connectivity index (χ3v) is 3.24. The standard InChI is InChI=1S/C10H12N2O6S/c1-3-18-10(13)7-5-8(12(14)15)9(4-6(7)2)19(11,16)17/h4-5H,3H2,1-2H3,(H2,11,16,17). The molecular weight excluding hydrogens is 276 g/mol. The number of primary sulfonamides is 1. The molecule has 0 bridgehead atoms. The molecule has 0 aromatic heterocycles. The first kappa shape index (κ1) is 15.1. The van der Waals surface area contributed by atoms with Gasteiger partial charge in [0.1, 0.15) is 0 Å². The van der Waals surface area contributed by atoms with Gasteiger partial charge >= 0.3 is 5.97 Å². The first-order valence-electron chi connectivity index (χ1n) is 5.17. The van der Waals surface area contributed by atoms with Crippen molar-refractivity contribution in [1.82, 2.24) is 0 Å². The lowest BCUT2D eigenvalue weighted by Gasteiger charge is -2.08. The van der Waals surface area contributed by atoms with Crippen LogP contribution in [0.3, 0.4) is 0 Å². The fourth-order valence-corrected chi connectivity index (χ4v) is 2.24. The highest BCUT2D eigenvalue weighted by atomic mass is 32.2. The molecule has 0 atom stereocenters. The molecule has 0 amide bonds. The van der Waals surface area contributed by atoms with E-state index in [2.05, 4.69) is 0 Å². The molecular formula is C10H12N2O6S. The molecule has 2 N–H and O–H groups in total. The molecule has 8 nitrogen and oxygen atoms in total. The van der Waals surface area contributed by atoms with Gasteiger partial charge in [-0.2, -0.15) is 0 Å². The molecule has 9 heteroatoms. The second-order valence-corrected chi connectivity index (χ2v) is 5.19. The number of rotatable bonds is 4. The Bertz CT molecular complexity index is 638. The van der Waals surface area contributed by atoms with E-state index < -0.39 is 31.5 Å². The third kappa shape index (κ3) is 3.26. The average Bonchev–Trinajstić information content (AvgIpc) is 2.27. The van der Waals surface area contributed by atoms with Gasteiger partial charge in [-0.15, -0.1) is 0 Å². The number of nitro groups is 1. The van der Waals surface area contributed by atoms with Crippen LogP contribution in [0.1, 0.15) is 22.8 Å². The maximum atomic E-state index is 11.6. The molecule has 0 spiro atoms. The van der Waals surface area contributed by atoms with Gasteiger partial charge in [0, 0.05) is 6.07 Å². The molecule has 0 aliphatic carbocycles. The summed E-state index contributed by atoms with van der Waals surface area (Å²) in [6.45, 7) is 3.12. The summed E-state index contributed by atoms with van der Waals surface area (Å²) in [4.78, 5) is 20.9. The average molecular weight is 288 g/mol. The largest absolute Gasteiger partial charge is 0.462 e. The van der Waals surface area contributed by atoms with Crippen LogP contribution in [0.4, 0.5) is 5.69 Å². The van der Waals surface area contributed by atoms with E-state index in [1.165, 1.54) is 6.92 Å². The van der Waals surface area contributed by atoms with Gasteiger partial charge in [-0.25, -0.2) is 18.4 Å². The van der Waals surface area contributed by atoms with Crippen molar-refractivity contribution >= 4 is 21.7 Å². The Kier molecular flexibility index (Phi) is 4.22. The summed E-state index contributed by atoms with van der Waals surface area (Å²) in [6, 6.07) is 1.84. The lowest BCUT2D eigenvalue weighted by atomic mass is 10.1. The fourth-order valence-electron chi connectivity index (χ4n) is 1.47. The molecule has 0 unspecified atom stereocenters. The van der Waals surface area contributed by atoms with Crippen LogP contribution in [0.5, 0.6) is 0 Å². The number of aryl methyl sites for hydroxylation is 1. The van der Waals surface area contributed by atoms with Gasteiger partial charge in [0.05, 0.1) is 17.1 Å². The Morgan fingerprint density at radius 2 is 2.05 bits per heavy atom. The van der Waals surface area contributed by atoms with Crippen LogP contribution in [-0.2, 0) is 14.8 Å². The second-order valence-electron chi connectivity index (χ2n) is 3.66. The zero-order valence-corrected chi connectivity index (χ0v) is 11.1. The Hall–Kier alpha value is -2.00. The van der Waals surface area contributed by atoms with Crippen molar-refractivity contribution in [2.24, 2.45) is 5.14 Å². The number of benzene rings is 1. The zero-order chi connectivity index (χ0) is 14.8. The van der Waals surface area contributed by atoms with E-state index in [9.17, 15) is 23.3 Å². The number of nitrogens with zero attached hydrogens (tertiary/aromatic N) is 1. The molecule has 0 radical (unpaired) electrons. The number of carbonyl (C=O) groups is 1. The highest BCUT2D eigenvalue weighted by Gasteiger charge is 2.26. The summed E-state index contributed by atoms with van der Waals surface area (Å²) in [5.41, 5.74) is -0.592. The van der Waals surface area contributed by atoms with Crippen molar-refractivity contribution < 1.29 is 22.9 Å². The van der Waals surface area contributed by atoms with Crippen LogP contribution in [0.2, 0.25) is 0 Å². The first-order chi connectivity index (χ1) is 8.68. The molecule has 1 aromatic rings. The summed E-state index contributed by atoms with van der Waals surface area (Å²) >= 11 is 0. The van der Waals surface area contributed by atoms with Crippen molar-refractivity contribution in [2.45, 2.75) is 18.7 Å². The van der Waals surface area contributed by atoms with Crippen LogP contribution < -0.4 is 5.14 Å². The highest BCUT2D eigenvalue weighted by molar-refractivity contribution is 7.89. The van der Waals surface area contributed by atoms with E-state index in [-0.39, 0.29) is 17.7 Å². The monoisotopic (exact) mass is 288 g/mol. The number of nitrogens with two attached hydrogens (primary N) is 1. The van der Waals surface area contributed by atoms with Crippen molar-refractivity contribution in [3.8, 4) is 0 Å². The molecule has 0 fully saturated rings. The Balaban J connectivity index is 3.55. The molecule has 19 heavy (non-hydrogen) atoms. The SMILES string of the molecule is CCOC(=O)c1cc([N+](=O)[O-])c(S(N)(=O)=O)cc1C. The molecule has 0 saturated heterocycles. The first-order valence-corrected chi connectivity index (χ1v) is 6.72. The topological polar surface area (TPSA) is 130 Å². The van der Waals surface area contributed by atoms with Gasteiger partial charge in [-0.1, -0.05) is 0 Å². The van der Waals surface area contributed by atoms with Crippen molar-refractivity contribution in [2.75, 3.05) is 6.61 Å². The number of hydrogen-bond donors (Lipinski definition) is 1. The minimum Gasteiger partial charge on any atom is -0.462 e. The summed E-state index contributed by atoms with van der Waals surface area (Å²) in [5, 5.41) is 15.7. The lowest BCUT2D eigenvalue weighted by molar-refractivity contribution is -0.387. The van der Waals surface area contributed by atoms with Gasteiger partial charge in [0.25, 0.3) is 5.69 Å². The van der Waals surface area contributed by atoms with Crippen molar-refractivity contribution in [3.05, 3.63) is 33.4 Å². The summed E-state index contributed by atoms with van der Waals surface area (Å²) in [7, 11) is -4.25. The summed E-state index contributed by atoms with van der Waals surface area (Å²) < 4.78 is 27.3. The van der Waals surface area contributed by atoms with E-state index in [1.807, 2.05) is 0 Å². The fraction of sp³-hybridized carbons (Fsp3) is 0.300. The quantitative estimate of drug-likeness (QED) is 0.493. The van der Waals surface area contributed by atoms with Crippen LogP contribution >= 0.6 is 0 Å². The number of hydrogen-bond acceptors (Lipinski definition) is 6. The Morgan fingerprint density at radius 3 is 2.47 bits per heavy atom. The molecule has 0 heterocycles. The normalized spacial score (nSPS) is 11.1. The van der Waals surface area contributed by atoms with Gasteiger partial charge < -0.3 is 4.74 Å². The molecule has 0 saturated carbocycles. The van der Waals surface area contributed by atoms with Crippen LogP contribution in [0.15, 0.2) is 17.0 Å². The number of carbonyl (C=O) groups excluding carboxylic acids is 1. The zero-order valence-electron chi connectivity index (χ0n) is 10.2. The van der Waals surface area contributed by atoms with Crippen LogP contribution in [0, 0.1) is 17.0 Å². The van der Waals surface area contributed by atoms with E-state index in [4.69, 9.17) is 9.88 Å². The van der Waals surface area contributed by atoms with E-state index in [0.717, 1.165) is 12.1 Å². The maximum Gasteiger partial charge on any atom is 0.338 e. The van der Waals surface area contributed by atoms with Crippen LogP contribution in [0.25, 0.3) is 0 Å². The van der Waals surface area contributed by atoms with Gasteiger partial charge in [0.15, 0.2) is 4.90 Å². The van der Waals surface area contributed by atoms with Gasteiger partial charge in [0.2, 0.25) is 10.0 Å². The molecule has 1 aromatic carbocycles. The minimum atomic E-state index is -4.25. The van der Waals surface area contributed by atoms with E-state index >= 15 is 0 Å².